The molecule has 1 heterocycles. The number of nitrogens with zero attached hydrogens (tertiary/aromatic N) is 2. The summed E-state index contributed by atoms with van der Waals surface area (Å²) < 4.78 is 18.6. The number of hydrogen-bond acceptors (Lipinski definition) is 6. The summed E-state index contributed by atoms with van der Waals surface area (Å²) in [6.07, 6.45) is -2.04. The van der Waals surface area contributed by atoms with Gasteiger partial charge in [0.05, 0.1) is 30.9 Å². The lowest BCUT2D eigenvalue weighted by atomic mass is 9.80. The van der Waals surface area contributed by atoms with Gasteiger partial charge in [-0.1, -0.05) is 23.9 Å². The first kappa shape index (κ1) is 21.6. The van der Waals surface area contributed by atoms with E-state index in [0.717, 1.165) is 5.56 Å². The highest BCUT2D eigenvalue weighted by Crippen LogP contribution is 2.45. The molecule has 5 atom stereocenters. The van der Waals surface area contributed by atoms with Crippen molar-refractivity contribution in [1.29, 1.82) is 0 Å². The molecule has 0 bridgehead atoms. The third-order valence-electron chi connectivity index (χ3n) is 5.75. The number of benzene rings is 2. The van der Waals surface area contributed by atoms with Crippen molar-refractivity contribution < 1.29 is 24.1 Å². The number of methoxy groups -OCH3 is 1. The summed E-state index contributed by atoms with van der Waals surface area (Å²) in [5.41, 5.74) is 7.11. The van der Waals surface area contributed by atoms with Gasteiger partial charge in [0.25, 0.3) is 0 Å². The van der Waals surface area contributed by atoms with Gasteiger partial charge in [-0.15, -0.1) is 0 Å². The van der Waals surface area contributed by atoms with Gasteiger partial charge in [0, 0.05) is 11.8 Å². The molecule has 31 heavy (non-hydrogen) atoms. The number of aliphatic hydroxyl groups is 2. The molecule has 0 spiro atoms. The molecule has 2 aromatic carbocycles. The number of aliphatic imine (C=N–C) groups is 1. The van der Waals surface area contributed by atoms with Crippen LogP contribution in [0.15, 0.2) is 53.5 Å². The predicted octanol–water partition coefficient (Wildman–Crippen LogP) is 2.03. The lowest BCUT2D eigenvalue weighted by Crippen LogP contribution is -2.58. The van der Waals surface area contributed by atoms with Gasteiger partial charge in [0.1, 0.15) is 17.7 Å². The number of thioether (sulfide) groups is 1. The van der Waals surface area contributed by atoms with Crippen molar-refractivity contribution in [2.24, 2.45) is 16.6 Å². The molecule has 1 saturated heterocycles. The summed E-state index contributed by atoms with van der Waals surface area (Å²) in [5.74, 6) is -0.757. The molecule has 2 aliphatic rings. The molecule has 1 aliphatic carbocycles. The van der Waals surface area contributed by atoms with E-state index >= 15 is 0 Å². The van der Waals surface area contributed by atoms with Crippen molar-refractivity contribution in [3.8, 4) is 5.75 Å². The van der Waals surface area contributed by atoms with Gasteiger partial charge in [-0.25, -0.2) is 9.38 Å². The molecule has 0 unspecified atom stereocenters. The third-order valence-corrected chi connectivity index (χ3v) is 7.16. The van der Waals surface area contributed by atoms with Gasteiger partial charge in [0.15, 0.2) is 5.17 Å². The van der Waals surface area contributed by atoms with Gasteiger partial charge in [-0.2, -0.15) is 0 Å². The van der Waals surface area contributed by atoms with Crippen LogP contribution in [0.3, 0.4) is 0 Å². The molecule has 9 heteroatoms. The number of halogens is 1. The van der Waals surface area contributed by atoms with E-state index < -0.39 is 30.1 Å². The Morgan fingerprint density at radius 2 is 1.90 bits per heavy atom. The highest BCUT2D eigenvalue weighted by atomic mass is 32.2. The highest BCUT2D eigenvalue weighted by molar-refractivity contribution is 8.14. The Hall–Kier alpha value is -2.62. The Morgan fingerprint density at radius 3 is 2.52 bits per heavy atom. The van der Waals surface area contributed by atoms with E-state index in [4.69, 9.17) is 15.5 Å². The quantitative estimate of drug-likeness (QED) is 0.650. The molecule has 4 rings (SSSR count). The van der Waals surface area contributed by atoms with Crippen LogP contribution in [0.4, 0.5) is 10.1 Å². The number of rotatable bonds is 5. The summed E-state index contributed by atoms with van der Waals surface area (Å²) in [5, 5.41) is 21.5. The van der Waals surface area contributed by atoms with E-state index in [-0.39, 0.29) is 17.5 Å². The zero-order chi connectivity index (χ0) is 22.1. The molecular formula is C22H24FN3O4S. The van der Waals surface area contributed by atoms with E-state index in [9.17, 15) is 19.4 Å². The molecule has 4 N–H and O–H groups in total. The molecular weight excluding hydrogens is 421 g/mol. The fraction of sp³-hybridized carbons (Fsp3) is 0.364. The van der Waals surface area contributed by atoms with E-state index in [0.29, 0.717) is 23.1 Å². The van der Waals surface area contributed by atoms with Crippen LogP contribution in [0.5, 0.6) is 5.75 Å². The Labute approximate surface area is 183 Å². The van der Waals surface area contributed by atoms with Crippen LogP contribution in [-0.4, -0.2) is 56.8 Å². The number of hydrogen-bond donors (Lipinski definition) is 3. The molecule has 0 radical (unpaired) electrons. The number of nitrogens with two attached hydrogens (primary N) is 1. The van der Waals surface area contributed by atoms with E-state index in [2.05, 4.69) is 0 Å². The molecule has 1 aliphatic heterocycles. The zero-order valence-electron chi connectivity index (χ0n) is 16.9. The fourth-order valence-corrected chi connectivity index (χ4v) is 5.70. The topological polar surface area (TPSA) is 108 Å². The van der Waals surface area contributed by atoms with Crippen LogP contribution in [0.2, 0.25) is 0 Å². The van der Waals surface area contributed by atoms with Crippen LogP contribution >= 0.6 is 11.8 Å². The Bertz CT molecular complexity index is 970. The minimum atomic E-state index is -1.07. The normalized spacial score (nSPS) is 29.1. The van der Waals surface area contributed by atoms with Crippen molar-refractivity contribution >= 4 is 28.5 Å². The minimum absolute atomic E-state index is 0.102. The average molecular weight is 446 g/mol. The van der Waals surface area contributed by atoms with Gasteiger partial charge in [-0.3, -0.25) is 4.79 Å². The first-order valence-electron chi connectivity index (χ1n) is 9.93. The summed E-state index contributed by atoms with van der Waals surface area (Å²) in [6, 6.07) is 12.7. The van der Waals surface area contributed by atoms with Crippen molar-refractivity contribution in [1.82, 2.24) is 4.90 Å². The number of carbonyl (C=O) groups is 1. The van der Waals surface area contributed by atoms with Crippen LogP contribution in [0.1, 0.15) is 12.0 Å². The lowest BCUT2D eigenvalue weighted by molar-refractivity contribution is -0.128. The SMILES string of the molecule is COc1ccc(N=C2S[C@H]3[C@H]([C@@H](O)[C@H](O)C[C@@H]3C(N)=O)N2Cc2ccc(F)cc2)cc1. The maximum absolute atomic E-state index is 13.4. The number of amidine groups is 1. The predicted molar refractivity (Wildman–Crippen MR) is 117 cm³/mol. The van der Waals surface area contributed by atoms with E-state index in [1.54, 1.807) is 43.5 Å². The van der Waals surface area contributed by atoms with Crippen molar-refractivity contribution in [3.63, 3.8) is 0 Å². The number of carbonyl (C=O) groups excluding carboxylic acids is 1. The number of fused-ring (bicyclic) bond motifs is 1. The largest absolute Gasteiger partial charge is 0.497 e. The number of primary amides is 1. The number of amides is 1. The van der Waals surface area contributed by atoms with Gasteiger partial charge >= 0.3 is 0 Å². The summed E-state index contributed by atoms with van der Waals surface area (Å²) in [7, 11) is 1.58. The van der Waals surface area contributed by atoms with Crippen molar-refractivity contribution in [3.05, 3.63) is 59.9 Å². The maximum Gasteiger partial charge on any atom is 0.221 e. The van der Waals surface area contributed by atoms with Crippen molar-refractivity contribution in [2.45, 2.75) is 36.5 Å². The zero-order valence-corrected chi connectivity index (χ0v) is 17.7. The second-order valence-electron chi connectivity index (χ2n) is 7.72. The molecule has 164 valence electrons. The maximum atomic E-state index is 13.4. The van der Waals surface area contributed by atoms with Crippen LogP contribution in [0.25, 0.3) is 0 Å². The van der Waals surface area contributed by atoms with Gasteiger partial charge < -0.3 is 25.6 Å². The van der Waals surface area contributed by atoms with Gasteiger partial charge in [-0.05, 0) is 48.4 Å². The second-order valence-corrected chi connectivity index (χ2v) is 8.87. The Morgan fingerprint density at radius 1 is 1.23 bits per heavy atom. The number of ether oxygens (including phenoxy) is 1. The average Bonchev–Trinajstić information content (AvgIpc) is 3.10. The van der Waals surface area contributed by atoms with Crippen LogP contribution < -0.4 is 10.5 Å². The smallest absolute Gasteiger partial charge is 0.221 e. The standard InChI is InChI=1S/C22H24FN3O4S/c1-30-15-8-6-14(7-9-15)25-22-26(11-12-2-4-13(23)5-3-12)18-19(28)17(27)10-16(21(24)29)20(18)31-22/h2-9,16-20,27-28H,10-11H2,1H3,(H2,24,29)/t16-,17+,18-,19-,20+/m0/s1. The minimum Gasteiger partial charge on any atom is -0.497 e. The molecule has 7 nitrogen and oxygen atoms in total. The Kier molecular flexibility index (Phi) is 6.17. The summed E-state index contributed by atoms with van der Waals surface area (Å²) in [6.45, 7) is 0.332. The molecule has 2 aromatic rings. The van der Waals surface area contributed by atoms with E-state index in [1.165, 1.54) is 23.9 Å². The molecule has 1 amide bonds. The molecule has 1 saturated carbocycles. The highest BCUT2D eigenvalue weighted by Gasteiger charge is 2.54. The fourth-order valence-electron chi connectivity index (χ4n) is 4.12. The summed E-state index contributed by atoms with van der Waals surface area (Å²) >= 11 is 1.37. The molecule has 0 aromatic heterocycles. The van der Waals surface area contributed by atoms with Crippen LogP contribution in [0, 0.1) is 11.7 Å². The second kappa shape index (κ2) is 8.86. The van der Waals surface area contributed by atoms with Gasteiger partial charge in [0.2, 0.25) is 5.91 Å². The Balaban J connectivity index is 1.72. The molecule has 2 fully saturated rings. The third kappa shape index (κ3) is 4.39. The van der Waals surface area contributed by atoms with Crippen LogP contribution in [-0.2, 0) is 11.3 Å². The number of aliphatic hydroxyl groups excluding tert-OH is 2. The summed E-state index contributed by atoms with van der Waals surface area (Å²) in [4.78, 5) is 18.7. The van der Waals surface area contributed by atoms with Crippen molar-refractivity contribution in [2.75, 3.05) is 7.11 Å². The lowest BCUT2D eigenvalue weighted by Gasteiger charge is -2.41. The first-order chi connectivity index (χ1) is 14.9. The van der Waals surface area contributed by atoms with E-state index in [1.807, 2.05) is 4.90 Å². The monoisotopic (exact) mass is 445 g/mol. The first-order valence-corrected chi connectivity index (χ1v) is 10.8.